The number of hydrogen-bond acceptors (Lipinski definition) is 4. The first-order chi connectivity index (χ1) is 12.2. The Bertz CT molecular complexity index is 919. The van der Waals surface area contributed by atoms with Crippen LogP contribution in [0, 0.1) is 5.82 Å². The summed E-state index contributed by atoms with van der Waals surface area (Å²) in [6.07, 6.45) is 3.08. The predicted octanol–water partition coefficient (Wildman–Crippen LogP) is 4.46. The Morgan fingerprint density at radius 2 is 2.00 bits per heavy atom. The van der Waals surface area contributed by atoms with E-state index in [2.05, 4.69) is 10.1 Å². The molecule has 1 aliphatic rings. The maximum atomic E-state index is 14.6. The highest BCUT2D eigenvalue weighted by atomic mass is 35.5. The van der Waals surface area contributed by atoms with E-state index in [0.717, 1.165) is 10.7 Å². The molecule has 1 fully saturated rings. The topological polar surface area (TPSA) is 43.2 Å². The van der Waals surface area contributed by atoms with Crippen molar-refractivity contribution in [2.45, 2.75) is 23.4 Å². The summed E-state index contributed by atoms with van der Waals surface area (Å²) in [5.74, 6) is -0.303. The van der Waals surface area contributed by atoms with E-state index < -0.39 is 5.60 Å². The number of ether oxygens (including phenoxy) is 1. The van der Waals surface area contributed by atoms with Gasteiger partial charge in [0.25, 0.3) is 0 Å². The van der Waals surface area contributed by atoms with Gasteiger partial charge in [0, 0.05) is 16.1 Å². The highest BCUT2D eigenvalue weighted by molar-refractivity contribution is 7.98. The Kier molecular flexibility index (Phi) is 4.27. The van der Waals surface area contributed by atoms with Crippen molar-refractivity contribution in [3.63, 3.8) is 0 Å². The average Bonchev–Trinajstić information content (AvgIpc) is 3.15. The largest absolute Gasteiger partial charge is 0.354 e. The quantitative estimate of drug-likeness (QED) is 0.488. The summed E-state index contributed by atoms with van der Waals surface area (Å²) < 4.78 is 22.4. The van der Waals surface area contributed by atoms with Crippen molar-refractivity contribution in [1.82, 2.24) is 14.8 Å². The number of nitrogens with zero attached hydrogens (tertiary/aromatic N) is 3. The first kappa shape index (κ1) is 16.6. The van der Waals surface area contributed by atoms with Crippen molar-refractivity contribution in [2.75, 3.05) is 6.26 Å². The molecule has 128 valence electrons. The van der Waals surface area contributed by atoms with Crippen molar-refractivity contribution >= 4 is 23.4 Å². The lowest BCUT2D eigenvalue weighted by atomic mass is 9.91. The van der Waals surface area contributed by atoms with E-state index in [1.165, 1.54) is 24.2 Å². The fourth-order valence-corrected chi connectivity index (χ4v) is 3.85. The van der Waals surface area contributed by atoms with E-state index in [4.69, 9.17) is 16.3 Å². The second-order valence-electron chi connectivity index (χ2n) is 5.79. The highest BCUT2D eigenvalue weighted by Crippen LogP contribution is 2.59. The van der Waals surface area contributed by atoms with Gasteiger partial charge in [-0.3, -0.25) is 0 Å². The van der Waals surface area contributed by atoms with Gasteiger partial charge in [-0.2, -0.15) is 5.10 Å². The number of aromatic nitrogens is 3. The van der Waals surface area contributed by atoms with Gasteiger partial charge < -0.3 is 4.74 Å². The number of thioether (sulfide) groups is 1. The maximum absolute atomic E-state index is 14.6. The van der Waals surface area contributed by atoms with Gasteiger partial charge in [-0.05, 0) is 18.4 Å². The zero-order chi connectivity index (χ0) is 17.4. The van der Waals surface area contributed by atoms with Gasteiger partial charge in [0.2, 0.25) is 0 Å². The molecule has 1 saturated heterocycles. The molecule has 4 nitrogen and oxygen atoms in total. The van der Waals surface area contributed by atoms with Crippen molar-refractivity contribution in [1.29, 1.82) is 0 Å². The maximum Gasteiger partial charge on any atom is 0.185 e. The molecule has 3 aromatic rings. The SMILES string of the molecule is CSc1ncnn1C[C@]1(c2ccccc2F)O[C@@H]1c1ccccc1Cl. The van der Waals surface area contributed by atoms with Gasteiger partial charge in [0.15, 0.2) is 5.16 Å². The molecular formula is C18H15ClFN3OS. The first-order valence-corrected chi connectivity index (χ1v) is 9.35. The second-order valence-corrected chi connectivity index (χ2v) is 6.97. The first-order valence-electron chi connectivity index (χ1n) is 7.75. The minimum absolute atomic E-state index is 0.303. The summed E-state index contributed by atoms with van der Waals surface area (Å²) in [6, 6.07) is 14.2. The normalized spacial score (nSPS) is 22.1. The molecule has 0 radical (unpaired) electrons. The highest BCUT2D eigenvalue weighted by Gasteiger charge is 2.60. The van der Waals surface area contributed by atoms with Crippen LogP contribution in [-0.2, 0) is 16.9 Å². The summed E-state index contributed by atoms with van der Waals surface area (Å²) in [5.41, 5.74) is 0.495. The van der Waals surface area contributed by atoms with Gasteiger partial charge in [-0.25, -0.2) is 14.1 Å². The Morgan fingerprint density at radius 1 is 1.24 bits per heavy atom. The molecule has 4 rings (SSSR count). The third-order valence-corrected chi connectivity index (χ3v) is 5.38. The van der Waals surface area contributed by atoms with Crippen LogP contribution in [0.2, 0.25) is 5.02 Å². The number of rotatable bonds is 5. The molecule has 1 aliphatic heterocycles. The van der Waals surface area contributed by atoms with E-state index in [9.17, 15) is 4.39 Å². The third-order valence-electron chi connectivity index (χ3n) is 4.36. The summed E-state index contributed by atoms with van der Waals surface area (Å²) in [4.78, 5) is 4.22. The zero-order valence-electron chi connectivity index (χ0n) is 13.4. The molecule has 0 amide bonds. The van der Waals surface area contributed by atoms with E-state index in [0.29, 0.717) is 17.1 Å². The number of halogens is 2. The summed E-state index contributed by atoms with van der Waals surface area (Å²) in [7, 11) is 0. The Morgan fingerprint density at radius 3 is 2.76 bits per heavy atom. The molecule has 0 bridgehead atoms. The van der Waals surface area contributed by atoms with E-state index >= 15 is 0 Å². The molecule has 2 atom stereocenters. The minimum atomic E-state index is -0.853. The average molecular weight is 376 g/mol. The van der Waals surface area contributed by atoms with Crippen LogP contribution >= 0.6 is 23.4 Å². The molecule has 0 unspecified atom stereocenters. The number of benzene rings is 2. The Hall–Kier alpha value is -1.89. The third kappa shape index (κ3) is 2.84. The van der Waals surface area contributed by atoms with Crippen molar-refractivity contribution < 1.29 is 9.13 Å². The van der Waals surface area contributed by atoms with Gasteiger partial charge in [-0.15, -0.1) is 0 Å². The van der Waals surface area contributed by atoms with Crippen LogP contribution in [0.15, 0.2) is 60.0 Å². The van der Waals surface area contributed by atoms with E-state index in [1.54, 1.807) is 16.8 Å². The lowest BCUT2D eigenvalue weighted by molar-refractivity contribution is 0.251. The zero-order valence-corrected chi connectivity index (χ0v) is 15.0. The lowest BCUT2D eigenvalue weighted by Crippen LogP contribution is -2.22. The molecule has 7 heteroatoms. The molecule has 2 heterocycles. The molecule has 0 aliphatic carbocycles. The summed E-state index contributed by atoms with van der Waals surface area (Å²) >= 11 is 7.83. The molecule has 1 aromatic heterocycles. The van der Waals surface area contributed by atoms with E-state index in [-0.39, 0.29) is 11.9 Å². The van der Waals surface area contributed by atoms with Crippen LogP contribution < -0.4 is 0 Å². The van der Waals surface area contributed by atoms with Crippen molar-refractivity contribution in [3.8, 4) is 0 Å². The smallest absolute Gasteiger partial charge is 0.185 e. The second kappa shape index (κ2) is 6.44. The van der Waals surface area contributed by atoms with Crippen LogP contribution in [-0.4, -0.2) is 21.0 Å². The lowest BCUT2D eigenvalue weighted by Gasteiger charge is -2.16. The molecule has 2 aromatic carbocycles. The number of epoxide rings is 1. The number of hydrogen-bond donors (Lipinski definition) is 0. The van der Waals surface area contributed by atoms with E-state index in [1.807, 2.05) is 36.6 Å². The van der Waals surface area contributed by atoms with Crippen LogP contribution in [0.5, 0.6) is 0 Å². The molecule has 0 spiro atoms. The van der Waals surface area contributed by atoms with Crippen LogP contribution in [0.1, 0.15) is 17.2 Å². The van der Waals surface area contributed by atoms with Gasteiger partial charge in [0.1, 0.15) is 23.8 Å². The standard InChI is InChI=1S/C18H15ClFN3OS/c1-25-17-21-11-22-23(17)10-18(13-7-3-5-9-15(13)20)16(24-18)12-6-2-4-8-14(12)19/h2-9,11,16H,10H2,1H3/t16-,18-/m1/s1. The summed E-state index contributed by atoms with van der Waals surface area (Å²) in [5, 5.41) is 5.63. The van der Waals surface area contributed by atoms with Crippen molar-refractivity contribution in [3.05, 3.63) is 76.8 Å². The van der Waals surface area contributed by atoms with Crippen molar-refractivity contribution in [2.24, 2.45) is 0 Å². The van der Waals surface area contributed by atoms with Crippen LogP contribution in [0.3, 0.4) is 0 Å². The van der Waals surface area contributed by atoms with Crippen LogP contribution in [0.4, 0.5) is 4.39 Å². The fourth-order valence-electron chi connectivity index (χ4n) is 3.14. The minimum Gasteiger partial charge on any atom is -0.354 e. The van der Waals surface area contributed by atoms with Gasteiger partial charge in [0.05, 0.1) is 6.54 Å². The van der Waals surface area contributed by atoms with Crippen LogP contribution in [0.25, 0.3) is 0 Å². The molecule has 25 heavy (non-hydrogen) atoms. The van der Waals surface area contributed by atoms with Gasteiger partial charge >= 0.3 is 0 Å². The summed E-state index contributed by atoms with van der Waals surface area (Å²) in [6.45, 7) is 0.361. The monoisotopic (exact) mass is 375 g/mol. The fraction of sp³-hybridized carbons (Fsp3) is 0.222. The van der Waals surface area contributed by atoms with Gasteiger partial charge in [-0.1, -0.05) is 59.8 Å². The molecule has 0 N–H and O–H groups in total. The Labute approximate surface area is 154 Å². The molecule has 0 saturated carbocycles. The predicted molar refractivity (Wildman–Crippen MR) is 95.2 cm³/mol. The Balaban J connectivity index is 1.79. The molecular weight excluding hydrogens is 361 g/mol.